The van der Waals surface area contributed by atoms with Crippen LogP contribution in [0.25, 0.3) is 0 Å². The van der Waals surface area contributed by atoms with Crippen molar-refractivity contribution >= 4 is 25.1 Å². The van der Waals surface area contributed by atoms with E-state index in [4.69, 9.17) is 4.52 Å². The topological polar surface area (TPSA) is 96.7 Å². The van der Waals surface area contributed by atoms with Crippen LogP contribution in [0.1, 0.15) is 33.6 Å². The summed E-state index contributed by atoms with van der Waals surface area (Å²) in [6, 6.07) is 3.24. The van der Waals surface area contributed by atoms with Crippen molar-refractivity contribution < 1.29 is 24.1 Å². The Labute approximate surface area is 159 Å². The molecule has 0 aliphatic carbocycles. The lowest BCUT2D eigenvalue weighted by atomic mass is 10.2. The van der Waals surface area contributed by atoms with Gasteiger partial charge in [-0.3, -0.25) is 4.57 Å². The molecule has 0 saturated carbocycles. The lowest BCUT2D eigenvalue weighted by molar-refractivity contribution is -0.132. The number of aliphatic carboxylic acids is 1. The number of pyridine rings is 1. The van der Waals surface area contributed by atoms with Gasteiger partial charge in [0.15, 0.2) is 0 Å². The molecule has 0 aromatic carbocycles. The highest BCUT2D eigenvalue weighted by Crippen LogP contribution is 2.50. The van der Waals surface area contributed by atoms with Gasteiger partial charge in [0.2, 0.25) is 7.37 Å². The van der Waals surface area contributed by atoms with Crippen LogP contribution < -0.4 is 0 Å². The van der Waals surface area contributed by atoms with E-state index in [0.717, 1.165) is 6.42 Å². The van der Waals surface area contributed by atoms with Gasteiger partial charge in [0, 0.05) is 17.9 Å². The predicted octanol–water partition coefficient (Wildman–Crippen LogP) is 4.64. The summed E-state index contributed by atoms with van der Waals surface area (Å²) in [5.41, 5.74) is 0.146. The van der Waals surface area contributed by atoms with Crippen LogP contribution >= 0.6 is 19.1 Å². The first-order valence-electron chi connectivity index (χ1n) is 8.69. The van der Waals surface area contributed by atoms with E-state index in [1.807, 2.05) is 13.8 Å². The molecule has 146 valence electrons. The standard InChI is InChI=1S/C18H28NO5PS/c1-4-24-25(23,12-14(2)3)13-15(18(21)22)8-5-6-11-26-17-16(20)9-7-10-19-17/h7-10,14,20H,4-6,11-13H2,1-3H3,(H,21,22)/b15-8+. The molecular weight excluding hydrogens is 373 g/mol. The fraction of sp³-hybridized carbons (Fsp3) is 0.556. The molecule has 26 heavy (non-hydrogen) atoms. The third-order valence-corrected chi connectivity index (χ3v) is 7.34. The summed E-state index contributed by atoms with van der Waals surface area (Å²) in [6.45, 7) is 5.96. The summed E-state index contributed by atoms with van der Waals surface area (Å²) in [5, 5.41) is 19.6. The highest BCUT2D eigenvalue weighted by atomic mass is 32.2. The minimum atomic E-state index is -2.99. The molecule has 0 fully saturated rings. The maximum absolute atomic E-state index is 12.9. The van der Waals surface area contributed by atoms with Crippen molar-refractivity contribution in [1.29, 1.82) is 0 Å². The first-order valence-corrected chi connectivity index (χ1v) is 11.7. The fourth-order valence-corrected chi connectivity index (χ4v) is 6.00. The van der Waals surface area contributed by atoms with Crippen molar-refractivity contribution in [3.05, 3.63) is 30.0 Å². The average Bonchev–Trinajstić information content (AvgIpc) is 2.54. The minimum absolute atomic E-state index is 0.0392. The number of aromatic nitrogens is 1. The second-order valence-corrected chi connectivity index (χ2v) is 9.97. The van der Waals surface area contributed by atoms with Crippen molar-refractivity contribution in [3.8, 4) is 5.75 Å². The number of unbranched alkanes of at least 4 members (excludes halogenated alkanes) is 1. The van der Waals surface area contributed by atoms with Gasteiger partial charge in [0.05, 0.1) is 12.8 Å². The Kier molecular flexibility index (Phi) is 9.99. The Bertz CT molecular complexity index is 663. The van der Waals surface area contributed by atoms with Crippen LogP contribution in [0.3, 0.4) is 0 Å². The van der Waals surface area contributed by atoms with E-state index >= 15 is 0 Å². The molecule has 1 rings (SSSR count). The molecule has 1 aromatic rings. The molecule has 0 spiro atoms. The summed E-state index contributed by atoms with van der Waals surface area (Å²) >= 11 is 1.42. The molecule has 1 unspecified atom stereocenters. The number of aromatic hydroxyl groups is 1. The van der Waals surface area contributed by atoms with Gasteiger partial charge in [0.25, 0.3) is 0 Å². The third-order valence-electron chi connectivity index (χ3n) is 3.42. The molecule has 8 heteroatoms. The van der Waals surface area contributed by atoms with Gasteiger partial charge in [-0.1, -0.05) is 19.9 Å². The number of nitrogens with zero attached hydrogens (tertiary/aromatic N) is 1. The van der Waals surface area contributed by atoms with Crippen LogP contribution in [0.5, 0.6) is 5.75 Å². The maximum atomic E-state index is 12.9. The number of carbonyl (C=O) groups is 1. The van der Waals surface area contributed by atoms with E-state index in [0.29, 0.717) is 30.0 Å². The maximum Gasteiger partial charge on any atom is 0.331 e. The van der Waals surface area contributed by atoms with Crippen molar-refractivity contribution in [2.75, 3.05) is 24.7 Å². The van der Waals surface area contributed by atoms with E-state index in [9.17, 15) is 19.6 Å². The van der Waals surface area contributed by atoms with E-state index in [-0.39, 0.29) is 23.4 Å². The molecular formula is C18H28NO5PS. The highest BCUT2D eigenvalue weighted by Gasteiger charge is 2.27. The van der Waals surface area contributed by atoms with Gasteiger partial charge >= 0.3 is 5.97 Å². The van der Waals surface area contributed by atoms with Crippen LogP contribution in [0.2, 0.25) is 0 Å². The number of thioether (sulfide) groups is 1. The third kappa shape index (κ3) is 8.39. The van der Waals surface area contributed by atoms with Gasteiger partial charge < -0.3 is 14.7 Å². The van der Waals surface area contributed by atoms with Crippen molar-refractivity contribution in [2.24, 2.45) is 5.92 Å². The van der Waals surface area contributed by atoms with Crippen molar-refractivity contribution in [2.45, 2.75) is 38.6 Å². The molecule has 2 N–H and O–H groups in total. The largest absolute Gasteiger partial charge is 0.505 e. The van der Waals surface area contributed by atoms with E-state index in [2.05, 4.69) is 4.98 Å². The number of hydrogen-bond acceptors (Lipinski definition) is 6. The molecule has 0 aliphatic rings. The lowest BCUT2D eigenvalue weighted by Crippen LogP contribution is -2.12. The molecule has 0 saturated heterocycles. The number of carboxylic acid groups (broad SMARTS) is 1. The highest BCUT2D eigenvalue weighted by molar-refractivity contribution is 7.99. The molecule has 0 amide bonds. The molecule has 0 aliphatic heterocycles. The Hall–Kier alpha value is -1.30. The van der Waals surface area contributed by atoms with Crippen LogP contribution in [-0.2, 0) is 13.9 Å². The Morgan fingerprint density at radius 3 is 2.77 bits per heavy atom. The molecule has 1 atom stereocenters. The Balaban J connectivity index is 2.61. The predicted molar refractivity (Wildman–Crippen MR) is 105 cm³/mol. The molecule has 6 nitrogen and oxygen atoms in total. The molecule has 0 radical (unpaired) electrons. The van der Waals surface area contributed by atoms with Crippen molar-refractivity contribution in [1.82, 2.24) is 4.98 Å². The smallest absolute Gasteiger partial charge is 0.331 e. The van der Waals surface area contributed by atoms with Gasteiger partial charge in [-0.25, -0.2) is 9.78 Å². The lowest BCUT2D eigenvalue weighted by Gasteiger charge is -2.20. The van der Waals surface area contributed by atoms with Crippen LogP contribution in [0.15, 0.2) is 35.0 Å². The summed E-state index contributed by atoms with van der Waals surface area (Å²) in [6.07, 6.45) is 4.86. The van der Waals surface area contributed by atoms with Crippen LogP contribution in [0.4, 0.5) is 0 Å². The summed E-state index contributed by atoms with van der Waals surface area (Å²) in [4.78, 5) is 15.6. The quantitative estimate of drug-likeness (QED) is 0.228. The first-order chi connectivity index (χ1) is 12.3. The van der Waals surface area contributed by atoms with E-state index in [1.165, 1.54) is 11.8 Å². The second kappa shape index (κ2) is 11.4. The van der Waals surface area contributed by atoms with Gasteiger partial charge in [-0.15, -0.1) is 11.8 Å². The first kappa shape index (κ1) is 22.7. The van der Waals surface area contributed by atoms with Crippen LogP contribution in [0, 0.1) is 5.92 Å². The Morgan fingerprint density at radius 2 is 2.19 bits per heavy atom. The minimum Gasteiger partial charge on any atom is -0.505 e. The SMILES string of the molecule is CCOP(=O)(C/C(=C\CCCSc1ncccc1O)C(=O)O)CC(C)C. The normalized spacial score (nSPS) is 14.4. The van der Waals surface area contributed by atoms with Crippen LogP contribution in [-0.4, -0.2) is 45.8 Å². The summed E-state index contributed by atoms with van der Waals surface area (Å²) in [5.74, 6) is -0.0394. The van der Waals surface area contributed by atoms with Crippen molar-refractivity contribution in [3.63, 3.8) is 0 Å². The second-order valence-electron chi connectivity index (χ2n) is 6.32. The summed E-state index contributed by atoms with van der Waals surface area (Å²) < 4.78 is 18.3. The van der Waals surface area contributed by atoms with Gasteiger partial charge in [-0.05, 0) is 43.6 Å². The zero-order valence-electron chi connectivity index (χ0n) is 15.6. The molecule has 0 bridgehead atoms. The number of allylic oxidation sites excluding steroid dienone is 1. The Morgan fingerprint density at radius 1 is 1.46 bits per heavy atom. The van der Waals surface area contributed by atoms with Gasteiger partial charge in [-0.2, -0.15) is 0 Å². The zero-order valence-corrected chi connectivity index (χ0v) is 17.3. The fourth-order valence-electron chi connectivity index (χ4n) is 2.46. The van der Waals surface area contributed by atoms with E-state index in [1.54, 1.807) is 31.3 Å². The number of hydrogen-bond donors (Lipinski definition) is 2. The number of carboxylic acids is 1. The number of rotatable bonds is 12. The summed E-state index contributed by atoms with van der Waals surface area (Å²) in [7, 11) is -2.99. The molecule has 1 heterocycles. The monoisotopic (exact) mass is 401 g/mol. The average molecular weight is 401 g/mol. The zero-order chi connectivity index (χ0) is 19.6. The van der Waals surface area contributed by atoms with Gasteiger partial charge in [0.1, 0.15) is 10.8 Å². The molecule has 1 aromatic heterocycles. The van der Waals surface area contributed by atoms with E-state index < -0.39 is 13.3 Å².